The number of aliphatic hydroxyl groups is 1. The summed E-state index contributed by atoms with van der Waals surface area (Å²) >= 11 is 0. The van der Waals surface area contributed by atoms with Crippen LogP contribution >= 0.6 is 0 Å². The average Bonchev–Trinajstić information content (AvgIpc) is 2.67. The number of benzene rings is 1. The summed E-state index contributed by atoms with van der Waals surface area (Å²) < 4.78 is 10.9. The molecule has 0 aliphatic rings. The second kappa shape index (κ2) is 4.89. The van der Waals surface area contributed by atoms with Gasteiger partial charge in [0.05, 0.1) is 18.1 Å². The zero-order chi connectivity index (χ0) is 12.3. The van der Waals surface area contributed by atoms with Crippen molar-refractivity contribution in [3.05, 3.63) is 30.0 Å². The van der Waals surface area contributed by atoms with E-state index in [9.17, 15) is 0 Å². The highest BCUT2D eigenvalue weighted by molar-refractivity contribution is 5.86. The number of aliphatic hydroxyl groups excluding tert-OH is 1. The number of nitrogens with zero attached hydrogens (tertiary/aromatic N) is 1. The van der Waals surface area contributed by atoms with Crippen LogP contribution in [0.3, 0.4) is 0 Å². The van der Waals surface area contributed by atoms with Gasteiger partial charge in [0.25, 0.3) is 0 Å². The van der Waals surface area contributed by atoms with Gasteiger partial charge in [-0.2, -0.15) is 5.26 Å². The Morgan fingerprint density at radius 3 is 2.94 bits per heavy atom. The monoisotopic (exact) mass is 231 g/mol. The van der Waals surface area contributed by atoms with Gasteiger partial charge < -0.3 is 14.3 Å². The molecule has 17 heavy (non-hydrogen) atoms. The average molecular weight is 231 g/mol. The smallest absolute Gasteiger partial charge is 0.246 e. The molecule has 0 aliphatic carbocycles. The normalized spacial score (nSPS) is 12.3. The Hall–Kier alpha value is -1.99. The maximum Gasteiger partial charge on any atom is 0.246 e. The SMILES string of the molecule is CC(O)CCOc1c(C#N)oc2ccccc12. The van der Waals surface area contributed by atoms with E-state index in [1.165, 1.54) is 0 Å². The zero-order valence-corrected chi connectivity index (χ0v) is 9.51. The molecule has 1 unspecified atom stereocenters. The molecule has 88 valence electrons. The molecule has 0 spiro atoms. The van der Waals surface area contributed by atoms with Crippen LogP contribution in [0.1, 0.15) is 19.1 Å². The molecule has 0 amide bonds. The topological polar surface area (TPSA) is 66.4 Å². The van der Waals surface area contributed by atoms with Gasteiger partial charge in [-0.1, -0.05) is 12.1 Å². The van der Waals surface area contributed by atoms with Crippen LogP contribution < -0.4 is 4.74 Å². The third kappa shape index (κ3) is 2.40. The van der Waals surface area contributed by atoms with Crippen molar-refractivity contribution in [1.82, 2.24) is 0 Å². The minimum Gasteiger partial charge on any atom is -0.488 e. The molecule has 1 atom stereocenters. The van der Waals surface area contributed by atoms with Crippen molar-refractivity contribution < 1.29 is 14.3 Å². The predicted molar refractivity (Wildman–Crippen MR) is 62.7 cm³/mol. The third-order valence-electron chi connectivity index (χ3n) is 2.43. The van der Waals surface area contributed by atoms with Crippen LogP contribution in [0.25, 0.3) is 11.0 Å². The first kappa shape index (κ1) is 11.5. The number of hydrogen-bond donors (Lipinski definition) is 1. The molecule has 1 heterocycles. The molecule has 1 N–H and O–H groups in total. The first-order valence-corrected chi connectivity index (χ1v) is 5.45. The van der Waals surface area contributed by atoms with E-state index in [2.05, 4.69) is 0 Å². The number of nitriles is 1. The highest BCUT2D eigenvalue weighted by Crippen LogP contribution is 2.32. The Labute approximate surface area is 99.0 Å². The van der Waals surface area contributed by atoms with Crippen molar-refractivity contribution in [3.63, 3.8) is 0 Å². The van der Waals surface area contributed by atoms with Crippen molar-refractivity contribution in [1.29, 1.82) is 5.26 Å². The number of furan rings is 1. The van der Waals surface area contributed by atoms with Gasteiger partial charge in [-0.25, -0.2) is 0 Å². The van der Waals surface area contributed by atoms with Crippen LogP contribution in [0.5, 0.6) is 5.75 Å². The van der Waals surface area contributed by atoms with Crippen molar-refractivity contribution in [2.24, 2.45) is 0 Å². The molecule has 0 aliphatic heterocycles. The van der Waals surface area contributed by atoms with Gasteiger partial charge in [0.15, 0.2) is 5.75 Å². The van der Waals surface area contributed by atoms with Crippen LogP contribution in [-0.2, 0) is 0 Å². The second-order valence-electron chi connectivity index (χ2n) is 3.85. The Morgan fingerprint density at radius 2 is 2.24 bits per heavy atom. The van der Waals surface area contributed by atoms with Crippen LogP contribution in [0.2, 0.25) is 0 Å². The van der Waals surface area contributed by atoms with Crippen molar-refractivity contribution in [3.8, 4) is 11.8 Å². The molecule has 0 saturated heterocycles. The second-order valence-corrected chi connectivity index (χ2v) is 3.85. The van der Waals surface area contributed by atoms with E-state index >= 15 is 0 Å². The van der Waals surface area contributed by atoms with E-state index in [0.717, 1.165) is 5.39 Å². The molecule has 0 bridgehead atoms. The summed E-state index contributed by atoms with van der Waals surface area (Å²) in [5.74, 6) is 0.639. The Bertz CT molecular complexity index is 551. The van der Waals surface area contributed by atoms with Crippen molar-refractivity contribution in [2.75, 3.05) is 6.61 Å². The molecule has 4 heteroatoms. The standard InChI is InChI=1S/C13H13NO3/c1-9(15)6-7-16-13-10-4-2-3-5-11(10)17-12(13)8-14/h2-5,9,15H,6-7H2,1H3. The summed E-state index contributed by atoms with van der Waals surface area (Å²) in [7, 11) is 0. The number of para-hydroxylation sites is 1. The molecular weight excluding hydrogens is 218 g/mol. The summed E-state index contributed by atoms with van der Waals surface area (Å²) in [6.07, 6.45) is 0.100. The minimum atomic E-state index is -0.418. The molecule has 1 aromatic heterocycles. The highest BCUT2D eigenvalue weighted by Gasteiger charge is 2.14. The van der Waals surface area contributed by atoms with Gasteiger partial charge >= 0.3 is 0 Å². The lowest BCUT2D eigenvalue weighted by molar-refractivity contribution is 0.155. The van der Waals surface area contributed by atoms with Crippen molar-refractivity contribution in [2.45, 2.75) is 19.4 Å². The lowest BCUT2D eigenvalue weighted by Crippen LogP contribution is -2.07. The fourth-order valence-electron chi connectivity index (χ4n) is 1.57. The van der Waals surface area contributed by atoms with Gasteiger partial charge in [0.2, 0.25) is 5.76 Å². The summed E-state index contributed by atoms with van der Waals surface area (Å²) in [5.41, 5.74) is 0.635. The number of ether oxygens (including phenoxy) is 1. The maximum atomic E-state index is 9.15. The molecule has 2 aromatic rings. The van der Waals surface area contributed by atoms with Crippen LogP contribution in [0.4, 0.5) is 0 Å². The summed E-state index contributed by atoms with van der Waals surface area (Å²) in [6.45, 7) is 2.05. The van der Waals surface area contributed by atoms with E-state index in [1.807, 2.05) is 24.3 Å². The maximum absolute atomic E-state index is 9.15. The molecule has 1 aromatic carbocycles. The van der Waals surface area contributed by atoms with E-state index in [1.54, 1.807) is 13.0 Å². The zero-order valence-electron chi connectivity index (χ0n) is 9.51. The molecule has 4 nitrogen and oxygen atoms in total. The molecule has 0 saturated carbocycles. The number of rotatable bonds is 4. The molecule has 0 radical (unpaired) electrons. The number of hydrogen-bond acceptors (Lipinski definition) is 4. The first-order valence-electron chi connectivity index (χ1n) is 5.45. The molecule has 0 fully saturated rings. The van der Waals surface area contributed by atoms with Gasteiger partial charge in [-0.05, 0) is 19.1 Å². The first-order chi connectivity index (χ1) is 8.22. The van der Waals surface area contributed by atoms with Crippen molar-refractivity contribution >= 4 is 11.0 Å². The summed E-state index contributed by atoms with van der Waals surface area (Å²) in [6, 6.07) is 9.30. The fourth-order valence-corrected chi connectivity index (χ4v) is 1.57. The summed E-state index contributed by atoms with van der Waals surface area (Å²) in [4.78, 5) is 0. The predicted octanol–water partition coefficient (Wildman–Crippen LogP) is 2.45. The van der Waals surface area contributed by atoms with Gasteiger partial charge in [-0.15, -0.1) is 0 Å². The van der Waals surface area contributed by atoms with E-state index < -0.39 is 6.10 Å². The Morgan fingerprint density at radius 1 is 1.47 bits per heavy atom. The van der Waals surface area contributed by atoms with Crippen LogP contribution in [0.15, 0.2) is 28.7 Å². The lowest BCUT2D eigenvalue weighted by Gasteiger charge is -2.06. The highest BCUT2D eigenvalue weighted by atomic mass is 16.5. The third-order valence-corrected chi connectivity index (χ3v) is 2.43. The number of fused-ring (bicyclic) bond motifs is 1. The van der Waals surface area contributed by atoms with Crippen LogP contribution in [-0.4, -0.2) is 17.8 Å². The molecular formula is C13H13NO3. The van der Waals surface area contributed by atoms with Gasteiger partial charge in [0, 0.05) is 6.42 Å². The quantitative estimate of drug-likeness (QED) is 0.877. The Balaban J connectivity index is 2.28. The van der Waals surface area contributed by atoms with E-state index in [0.29, 0.717) is 24.4 Å². The largest absolute Gasteiger partial charge is 0.488 e. The van der Waals surface area contributed by atoms with Gasteiger partial charge in [-0.3, -0.25) is 0 Å². The van der Waals surface area contributed by atoms with Crippen LogP contribution in [0, 0.1) is 11.3 Å². The van der Waals surface area contributed by atoms with Gasteiger partial charge in [0.1, 0.15) is 11.7 Å². The molecule has 2 rings (SSSR count). The lowest BCUT2D eigenvalue weighted by atomic mass is 10.2. The Kier molecular flexibility index (Phi) is 3.31. The minimum absolute atomic E-state index is 0.178. The van der Waals surface area contributed by atoms with E-state index in [4.69, 9.17) is 19.5 Å². The van der Waals surface area contributed by atoms with E-state index in [-0.39, 0.29) is 5.76 Å². The summed E-state index contributed by atoms with van der Waals surface area (Å²) in [5, 5.41) is 18.9. The fraction of sp³-hybridized carbons (Fsp3) is 0.308.